The first-order valence-electron chi connectivity index (χ1n) is 6.92. The fourth-order valence-electron chi connectivity index (χ4n) is 1.93. The molecule has 0 unspecified atom stereocenters. The second-order valence-electron chi connectivity index (χ2n) is 4.61. The summed E-state index contributed by atoms with van der Waals surface area (Å²) in [5.41, 5.74) is 7.75. The highest BCUT2D eigenvalue weighted by Crippen LogP contribution is 2.16. The lowest BCUT2D eigenvalue weighted by Crippen LogP contribution is -1.98. The van der Waals surface area contributed by atoms with Gasteiger partial charge in [-0.05, 0) is 41.8 Å². The molecular formula is C18H18FNO. The molecule has 2 nitrogen and oxygen atoms in total. The van der Waals surface area contributed by atoms with Crippen LogP contribution in [0.25, 0.3) is 0 Å². The highest BCUT2D eigenvalue weighted by molar-refractivity contribution is 5.38. The Hall–Kier alpha value is -2.31. The summed E-state index contributed by atoms with van der Waals surface area (Å²) in [5, 5.41) is 0. The second kappa shape index (κ2) is 7.47. The number of nitrogens with two attached hydrogens (primary N) is 1. The Labute approximate surface area is 124 Å². The van der Waals surface area contributed by atoms with Crippen LogP contribution in [0.4, 0.5) is 4.39 Å². The number of halogens is 1. The molecule has 0 heterocycles. The van der Waals surface area contributed by atoms with Crippen LogP contribution < -0.4 is 10.5 Å². The van der Waals surface area contributed by atoms with E-state index in [1.165, 1.54) is 11.6 Å². The zero-order chi connectivity index (χ0) is 15.1. The van der Waals surface area contributed by atoms with Gasteiger partial charge in [0.2, 0.25) is 0 Å². The molecule has 3 heteroatoms. The summed E-state index contributed by atoms with van der Waals surface area (Å²) >= 11 is 0. The number of benzene rings is 2. The van der Waals surface area contributed by atoms with E-state index in [-0.39, 0.29) is 12.4 Å². The topological polar surface area (TPSA) is 35.2 Å². The summed E-state index contributed by atoms with van der Waals surface area (Å²) in [7, 11) is 0. The van der Waals surface area contributed by atoms with Gasteiger partial charge in [0.15, 0.2) is 0 Å². The number of hydrogen-bond acceptors (Lipinski definition) is 2. The number of hydrogen-bond donors (Lipinski definition) is 1. The van der Waals surface area contributed by atoms with E-state index in [2.05, 4.69) is 24.8 Å². The molecule has 0 aromatic heterocycles. The first kappa shape index (κ1) is 15.1. The molecule has 0 atom stereocenters. The van der Waals surface area contributed by atoms with Crippen molar-refractivity contribution >= 4 is 0 Å². The molecule has 0 amide bonds. The third kappa shape index (κ3) is 4.34. The molecule has 0 aliphatic rings. The number of rotatable bonds is 4. The zero-order valence-corrected chi connectivity index (χ0v) is 12.0. The highest BCUT2D eigenvalue weighted by atomic mass is 19.1. The van der Waals surface area contributed by atoms with E-state index >= 15 is 0 Å². The SMILES string of the molecule is CCc1cccc(OCc2ccc(F)c(C#CCN)c2)c1. The molecular weight excluding hydrogens is 265 g/mol. The van der Waals surface area contributed by atoms with Crippen LogP contribution in [0.15, 0.2) is 42.5 Å². The first-order chi connectivity index (χ1) is 10.2. The normalized spacial score (nSPS) is 9.86. The quantitative estimate of drug-likeness (QED) is 0.874. The van der Waals surface area contributed by atoms with Gasteiger partial charge in [-0.15, -0.1) is 0 Å². The number of aryl methyl sites for hydroxylation is 1. The maximum atomic E-state index is 13.6. The van der Waals surface area contributed by atoms with E-state index in [1.54, 1.807) is 12.1 Å². The van der Waals surface area contributed by atoms with Gasteiger partial charge < -0.3 is 10.5 Å². The smallest absolute Gasteiger partial charge is 0.138 e. The zero-order valence-electron chi connectivity index (χ0n) is 12.0. The maximum Gasteiger partial charge on any atom is 0.138 e. The summed E-state index contributed by atoms with van der Waals surface area (Å²) in [6.07, 6.45) is 0.965. The van der Waals surface area contributed by atoms with Gasteiger partial charge in [0.25, 0.3) is 0 Å². The van der Waals surface area contributed by atoms with Crippen LogP contribution in [0, 0.1) is 17.7 Å². The molecule has 0 aliphatic heterocycles. The van der Waals surface area contributed by atoms with Crippen molar-refractivity contribution in [3.8, 4) is 17.6 Å². The Morgan fingerprint density at radius 1 is 1.14 bits per heavy atom. The molecule has 0 fully saturated rings. The summed E-state index contributed by atoms with van der Waals surface area (Å²) in [5.74, 6) is 5.86. The van der Waals surface area contributed by atoms with Crippen molar-refractivity contribution in [3.63, 3.8) is 0 Å². The van der Waals surface area contributed by atoms with Crippen molar-refractivity contribution in [1.82, 2.24) is 0 Å². The Kier molecular flexibility index (Phi) is 5.36. The summed E-state index contributed by atoms with van der Waals surface area (Å²) in [6.45, 7) is 2.69. The monoisotopic (exact) mass is 283 g/mol. The summed E-state index contributed by atoms with van der Waals surface area (Å²) in [6, 6.07) is 12.8. The predicted molar refractivity (Wildman–Crippen MR) is 82.5 cm³/mol. The average Bonchev–Trinajstić information content (AvgIpc) is 2.53. The van der Waals surface area contributed by atoms with Gasteiger partial charge in [0.1, 0.15) is 18.2 Å². The fraction of sp³-hybridized carbons (Fsp3) is 0.222. The molecule has 0 bridgehead atoms. The Morgan fingerprint density at radius 3 is 2.76 bits per heavy atom. The van der Waals surface area contributed by atoms with E-state index in [0.29, 0.717) is 12.2 Å². The third-order valence-corrected chi connectivity index (χ3v) is 3.07. The predicted octanol–water partition coefficient (Wildman–Crippen LogP) is 3.28. The summed E-state index contributed by atoms with van der Waals surface area (Å²) in [4.78, 5) is 0. The molecule has 2 rings (SSSR count). The van der Waals surface area contributed by atoms with Gasteiger partial charge in [-0.2, -0.15) is 0 Å². The van der Waals surface area contributed by atoms with Crippen molar-refractivity contribution in [2.45, 2.75) is 20.0 Å². The maximum absolute atomic E-state index is 13.6. The average molecular weight is 283 g/mol. The van der Waals surface area contributed by atoms with Crippen molar-refractivity contribution in [1.29, 1.82) is 0 Å². The van der Waals surface area contributed by atoms with Crippen LogP contribution in [0.5, 0.6) is 5.75 Å². The van der Waals surface area contributed by atoms with Crippen LogP contribution in [0.3, 0.4) is 0 Å². The van der Waals surface area contributed by atoms with Gasteiger partial charge in [-0.3, -0.25) is 0 Å². The molecule has 108 valence electrons. The Bertz CT molecular complexity index is 670. The molecule has 0 saturated heterocycles. The van der Waals surface area contributed by atoms with Crippen LogP contribution in [0.1, 0.15) is 23.6 Å². The minimum absolute atomic E-state index is 0.212. The van der Waals surface area contributed by atoms with E-state index in [9.17, 15) is 4.39 Å². The van der Waals surface area contributed by atoms with Gasteiger partial charge in [0, 0.05) is 0 Å². The molecule has 2 aromatic carbocycles. The molecule has 21 heavy (non-hydrogen) atoms. The van der Waals surface area contributed by atoms with Crippen LogP contribution in [0.2, 0.25) is 0 Å². The van der Waals surface area contributed by atoms with Gasteiger partial charge in [0.05, 0.1) is 12.1 Å². The minimum Gasteiger partial charge on any atom is -0.489 e. The lowest BCUT2D eigenvalue weighted by Gasteiger charge is -2.08. The second-order valence-corrected chi connectivity index (χ2v) is 4.61. The van der Waals surface area contributed by atoms with Crippen molar-refractivity contribution in [2.75, 3.05) is 6.54 Å². The van der Waals surface area contributed by atoms with Crippen molar-refractivity contribution in [3.05, 3.63) is 65.0 Å². The lowest BCUT2D eigenvalue weighted by molar-refractivity contribution is 0.305. The van der Waals surface area contributed by atoms with E-state index in [4.69, 9.17) is 10.5 Å². The minimum atomic E-state index is -0.340. The van der Waals surface area contributed by atoms with Gasteiger partial charge >= 0.3 is 0 Å². The largest absolute Gasteiger partial charge is 0.489 e. The van der Waals surface area contributed by atoms with Crippen molar-refractivity contribution < 1.29 is 9.13 Å². The Morgan fingerprint density at radius 2 is 2.00 bits per heavy atom. The van der Waals surface area contributed by atoms with E-state index in [0.717, 1.165) is 17.7 Å². The molecule has 2 N–H and O–H groups in total. The summed E-state index contributed by atoms with van der Waals surface area (Å²) < 4.78 is 19.3. The van der Waals surface area contributed by atoms with Crippen molar-refractivity contribution in [2.24, 2.45) is 5.73 Å². The lowest BCUT2D eigenvalue weighted by atomic mass is 10.1. The third-order valence-electron chi connectivity index (χ3n) is 3.07. The Balaban J connectivity index is 2.09. The van der Waals surface area contributed by atoms with Crippen LogP contribution in [-0.2, 0) is 13.0 Å². The van der Waals surface area contributed by atoms with Crippen LogP contribution >= 0.6 is 0 Å². The molecule has 0 aliphatic carbocycles. The standard InChI is InChI=1S/C18H18FNO/c1-2-14-5-3-7-17(12-14)21-13-15-8-9-18(19)16(11-15)6-4-10-20/h3,5,7-9,11-12H,2,10,13,20H2,1H3. The van der Waals surface area contributed by atoms with E-state index < -0.39 is 0 Å². The van der Waals surface area contributed by atoms with Gasteiger partial charge in [-0.1, -0.05) is 37.0 Å². The van der Waals surface area contributed by atoms with Crippen LogP contribution in [-0.4, -0.2) is 6.54 Å². The fourth-order valence-corrected chi connectivity index (χ4v) is 1.93. The molecule has 0 spiro atoms. The molecule has 2 aromatic rings. The van der Waals surface area contributed by atoms with E-state index in [1.807, 2.05) is 18.2 Å². The highest BCUT2D eigenvalue weighted by Gasteiger charge is 2.03. The molecule has 0 radical (unpaired) electrons. The van der Waals surface area contributed by atoms with Gasteiger partial charge in [-0.25, -0.2) is 4.39 Å². The first-order valence-corrected chi connectivity index (χ1v) is 6.92. The molecule has 0 saturated carbocycles. The number of ether oxygens (including phenoxy) is 1.